The Hall–Kier alpha value is -1.37. The van der Waals surface area contributed by atoms with Gasteiger partial charge in [-0.25, -0.2) is 21.6 Å². The lowest BCUT2D eigenvalue weighted by atomic mass is 9.90. The molecule has 1 aromatic carbocycles. The molecule has 2 fully saturated rings. The summed E-state index contributed by atoms with van der Waals surface area (Å²) >= 11 is 0. The summed E-state index contributed by atoms with van der Waals surface area (Å²) in [5.74, 6) is -4.21. The molecule has 120 valence electrons. The number of benzene rings is 1. The van der Waals surface area contributed by atoms with Gasteiger partial charge in [0.1, 0.15) is 11.6 Å². The summed E-state index contributed by atoms with van der Waals surface area (Å²) in [4.78, 5) is 12.3. The van der Waals surface area contributed by atoms with Crippen LogP contribution in [0, 0.1) is 23.4 Å². The summed E-state index contributed by atoms with van der Waals surface area (Å²) in [6.45, 7) is 0. The number of Topliss-reactive ketones (excluding diaryl/α,β-unsaturated/α-hetero) is 1. The predicted octanol–water partition coefficient (Wildman–Crippen LogP) is 2.57. The first kappa shape index (κ1) is 15.5. The van der Waals surface area contributed by atoms with Crippen molar-refractivity contribution in [3.8, 4) is 0 Å². The van der Waals surface area contributed by atoms with Crippen molar-refractivity contribution in [2.45, 2.75) is 42.6 Å². The molecule has 2 atom stereocenters. The van der Waals surface area contributed by atoms with Crippen molar-refractivity contribution in [3.63, 3.8) is 0 Å². The van der Waals surface area contributed by atoms with Crippen LogP contribution in [-0.2, 0) is 21.1 Å². The van der Waals surface area contributed by atoms with E-state index >= 15 is 0 Å². The van der Waals surface area contributed by atoms with Gasteiger partial charge in [0, 0.05) is 18.4 Å². The number of rotatable bonds is 3. The Morgan fingerprint density at radius 2 is 1.55 bits per heavy atom. The second-order valence-electron chi connectivity index (χ2n) is 6.08. The highest BCUT2D eigenvalue weighted by Crippen LogP contribution is 2.41. The van der Waals surface area contributed by atoms with Crippen LogP contribution in [0.2, 0.25) is 0 Å². The third-order valence-electron chi connectivity index (χ3n) is 4.74. The van der Waals surface area contributed by atoms with Crippen molar-refractivity contribution >= 4 is 15.6 Å². The monoisotopic (exact) mass is 332 g/mol. The molecule has 1 aromatic rings. The number of hydrogen-bond donors (Lipinski definition) is 0. The maximum Gasteiger partial charge on any atom is 0.161 e. The molecule has 0 saturated carbocycles. The lowest BCUT2D eigenvalue weighted by molar-refractivity contribution is -0.122. The molecule has 0 aromatic heterocycles. The van der Waals surface area contributed by atoms with Crippen molar-refractivity contribution in [2.24, 2.45) is 5.92 Å². The summed E-state index contributed by atoms with van der Waals surface area (Å²) in [5.41, 5.74) is -0.190. The maximum atomic E-state index is 13.6. The van der Waals surface area contributed by atoms with Crippen LogP contribution in [0.4, 0.5) is 13.2 Å². The van der Waals surface area contributed by atoms with Crippen molar-refractivity contribution < 1.29 is 26.4 Å². The van der Waals surface area contributed by atoms with Gasteiger partial charge in [-0.15, -0.1) is 0 Å². The smallest absolute Gasteiger partial charge is 0.161 e. The summed E-state index contributed by atoms with van der Waals surface area (Å²) in [5, 5.41) is -0.981. The van der Waals surface area contributed by atoms with E-state index in [0.717, 1.165) is 0 Å². The first-order chi connectivity index (χ1) is 10.3. The molecule has 0 aliphatic carbocycles. The molecule has 0 N–H and O–H groups in total. The Morgan fingerprint density at radius 1 is 1.00 bits per heavy atom. The van der Waals surface area contributed by atoms with Crippen LogP contribution < -0.4 is 0 Å². The quantitative estimate of drug-likeness (QED) is 0.800. The van der Waals surface area contributed by atoms with Crippen LogP contribution in [0.1, 0.15) is 31.2 Å². The van der Waals surface area contributed by atoms with Gasteiger partial charge in [0.25, 0.3) is 0 Å². The van der Waals surface area contributed by atoms with Crippen LogP contribution in [0.5, 0.6) is 0 Å². The maximum absolute atomic E-state index is 13.6. The molecule has 2 aliphatic heterocycles. The van der Waals surface area contributed by atoms with Gasteiger partial charge >= 0.3 is 0 Å². The highest BCUT2D eigenvalue weighted by Gasteiger charge is 2.48. The minimum absolute atomic E-state index is 0.190. The van der Waals surface area contributed by atoms with Gasteiger partial charge in [-0.3, -0.25) is 4.79 Å². The second-order valence-corrected chi connectivity index (χ2v) is 8.59. The highest BCUT2D eigenvalue weighted by molar-refractivity contribution is 7.93. The normalized spacial score (nSPS) is 29.5. The van der Waals surface area contributed by atoms with Gasteiger partial charge in [-0.05, 0) is 37.3 Å². The largest absolute Gasteiger partial charge is 0.299 e. The SMILES string of the molecule is O=C(Cc1cc(F)c(F)cc1F)C1CC2CCC(C1)S2(=O)=O. The Labute approximate surface area is 126 Å². The first-order valence-electron chi connectivity index (χ1n) is 7.18. The number of carbonyl (C=O) groups is 1. The van der Waals surface area contributed by atoms with Crippen molar-refractivity contribution in [2.75, 3.05) is 0 Å². The number of sulfone groups is 1. The van der Waals surface area contributed by atoms with E-state index in [1.54, 1.807) is 0 Å². The third-order valence-corrected chi connectivity index (χ3v) is 7.46. The van der Waals surface area contributed by atoms with Crippen LogP contribution >= 0.6 is 0 Å². The minimum Gasteiger partial charge on any atom is -0.299 e. The Morgan fingerprint density at radius 3 is 2.14 bits per heavy atom. The van der Waals surface area contributed by atoms with Crippen LogP contribution in [-0.4, -0.2) is 24.7 Å². The first-order valence-corrected chi connectivity index (χ1v) is 8.79. The van der Waals surface area contributed by atoms with E-state index in [4.69, 9.17) is 0 Å². The predicted molar refractivity (Wildman–Crippen MR) is 73.5 cm³/mol. The van der Waals surface area contributed by atoms with E-state index in [9.17, 15) is 26.4 Å². The number of ketones is 1. The second kappa shape index (κ2) is 5.37. The number of carbonyl (C=O) groups excluding carboxylic acids is 1. The van der Waals surface area contributed by atoms with E-state index in [0.29, 0.717) is 25.0 Å². The molecule has 3 rings (SSSR count). The fourth-order valence-corrected chi connectivity index (χ4v) is 5.98. The number of halogens is 3. The molecule has 0 spiro atoms. The summed E-state index contributed by atoms with van der Waals surface area (Å²) < 4.78 is 63.6. The summed E-state index contributed by atoms with van der Waals surface area (Å²) in [7, 11) is -3.12. The van der Waals surface area contributed by atoms with E-state index in [-0.39, 0.29) is 30.6 Å². The molecule has 2 bridgehead atoms. The zero-order valence-corrected chi connectivity index (χ0v) is 12.5. The Balaban J connectivity index is 1.75. The van der Waals surface area contributed by atoms with Gasteiger partial charge in [-0.1, -0.05) is 0 Å². The van der Waals surface area contributed by atoms with Gasteiger partial charge in [0.05, 0.1) is 10.5 Å². The molecule has 2 aliphatic rings. The lowest BCUT2D eigenvalue weighted by Gasteiger charge is -2.27. The van der Waals surface area contributed by atoms with E-state index in [2.05, 4.69) is 0 Å². The topological polar surface area (TPSA) is 51.2 Å². The van der Waals surface area contributed by atoms with E-state index < -0.39 is 43.7 Å². The van der Waals surface area contributed by atoms with Crippen molar-refractivity contribution in [1.29, 1.82) is 0 Å². The third kappa shape index (κ3) is 2.55. The Bertz CT molecular complexity index is 710. The Kier molecular flexibility index (Phi) is 3.79. The zero-order chi connectivity index (χ0) is 16.1. The van der Waals surface area contributed by atoms with Crippen LogP contribution in [0.15, 0.2) is 12.1 Å². The molecule has 0 radical (unpaired) electrons. The lowest BCUT2D eigenvalue weighted by Crippen LogP contribution is -2.36. The zero-order valence-electron chi connectivity index (χ0n) is 11.7. The van der Waals surface area contributed by atoms with Gasteiger partial charge in [-0.2, -0.15) is 0 Å². The fourth-order valence-electron chi connectivity index (χ4n) is 3.50. The molecule has 2 heterocycles. The molecule has 2 unspecified atom stereocenters. The molecule has 3 nitrogen and oxygen atoms in total. The number of fused-ring (bicyclic) bond motifs is 2. The minimum atomic E-state index is -3.12. The van der Waals surface area contributed by atoms with Gasteiger partial charge < -0.3 is 0 Å². The van der Waals surface area contributed by atoms with Gasteiger partial charge in [0.2, 0.25) is 0 Å². The molecule has 7 heteroatoms. The van der Waals surface area contributed by atoms with Gasteiger partial charge in [0.15, 0.2) is 21.5 Å². The molecule has 2 saturated heterocycles. The summed E-state index contributed by atoms with van der Waals surface area (Å²) in [6, 6.07) is 1.11. The molecule has 0 amide bonds. The summed E-state index contributed by atoms with van der Waals surface area (Å²) in [6.07, 6.45) is 1.30. The van der Waals surface area contributed by atoms with Crippen LogP contribution in [0.3, 0.4) is 0 Å². The van der Waals surface area contributed by atoms with Crippen molar-refractivity contribution in [1.82, 2.24) is 0 Å². The van der Waals surface area contributed by atoms with E-state index in [1.807, 2.05) is 0 Å². The molecular formula is C15H15F3O3S. The van der Waals surface area contributed by atoms with E-state index in [1.165, 1.54) is 0 Å². The fraction of sp³-hybridized carbons (Fsp3) is 0.533. The molecule has 22 heavy (non-hydrogen) atoms. The average Bonchev–Trinajstić information content (AvgIpc) is 2.65. The highest BCUT2D eigenvalue weighted by atomic mass is 32.2. The van der Waals surface area contributed by atoms with Crippen LogP contribution in [0.25, 0.3) is 0 Å². The number of hydrogen-bond acceptors (Lipinski definition) is 3. The molecular weight excluding hydrogens is 317 g/mol. The average molecular weight is 332 g/mol. The standard InChI is InChI=1S/C15H15F3O3S/c16-12-7-14(18)13(17)5-8(12)6-15(19)9-3-10-1-2-11(4-9)22(10,20)21/h5,7,9-11H,1-4,6H2. The van der Waals surface area contributed by atoms with Crippen molar-refractivity contribution in [3.05, 3.63) is 35.1 Å².